The zero-order chi connectivity index (χ0) is 13.2. The summed E-state index contributed by atoms with van der Waals surface area (Å²) in [6.45, 7) is 5.67. The standard InChI is InChI=1S/C13H26N2O2S/c1-3-14-11-9-12-5-6-13(10-11)15(12)7-8-18(16,17)4-2/h11-14H,3-10H2,1-2H3. The van der Waals surface area contributed by atoms with Gasteiger partial charge in [0.05, 0.1) is 5.75 Å². The van der Waals surface area contributed by atoms with Crippen molar-refractivity contribution in [3.8, 4) is 0 Å². The summed E-state index contributed by atoms with van der Waals surface area (Å²) in [6.07, 6.45) is 4.88. The lowest BCUT2D eigenvalue weighted by atomic mass is 9.97. The Balaban J connectivity index is 1.89. The van der Waals surface area contributed by atoms with E-state index in [-0.39, 0.29) is 5.75 Å². The molecule has 0 aromatic carbocycles. The highest BCUT2D eigenvalue weighted by molar-refractivity contribution is 7.91. The fourth-order valence-electron chi connectivity index (χ4n) is 3.48. The van der Waals surface area contributed by atoms with Crippen LogP contribution in [0.4, 0.5) is 0 Å². The molecule has 2 fully saturated rings. The van der Waals surface area contributed by atoms with E-state index >= 15 is 0 Å². The third-order valence-corrected chi connectivity index (χ3v) is 6.16. The van der Waals surface area contributed by atoms with E-state index in [4.69, 9.17) is 0 Å². The van der Waals surface area contributed by atoms with Crippen molar-refractivity contribution in [1.29, 1.82) is 0 Å². The zero-order valence-corrected chi connectivity index (χ0v) is 12.4. The number of fused-ring (bicyclic) bond motifs is 2. The molecule has 5 heteroatoms. The van der Waals surface area contributed by atoms with E-state index in [0.717, 1.165) is 13.1 Å². The summed E-state index contributed by atoms with van der Waals surface area (Å²) in [5, 5.41) is 3.54. The quantitative estimate of drug-likeness (QED) is 0.786. The number of hydrogen-bond donors (Lipinski definition) is 1. The van der Waals surface area contributed by atoms with Crippen LogP contribution < -0.4 is 5.32 Å². The van der Waals surface area contributed by atoms with Crippen LogP contribution in [0, 0.1) is 0 Å². The van der Waals surface area contributed by atoms with Crippen LogP contribution in [0.5, 0.6) is 0 Å². The van der Waals surface area contributed by atoms with Gasteiger partial charge in [-0.05, 0) is 32.2 Å². The molecule has 0 spiro atoms. The van der Waals surface area contributed by atoms with Crippen LogP contribution in [-0.4, -0.2) is 56.0 Å². The van der Waals surface area contributed by atoms with Crippen LogP contribution in [0.15, 0.2) is 0 Å². The second-order valence-corrected chi connectivity index (χ2v) is 8.06. The van der Waals surface area contributed by atoms with Gasteiger partial charge in [0.25, 0.3) is 0 Å². The Morgan fingerprint density at radius 1 is 1.17 bits per heavy atom. The van der Waals surface area contributed by atoms with Crippen molar-refractivity contribution in [2.24, 2.45) is 0 Å². The van der Waals surface area contributed by atoms with E-state index in [9.17, 15) is 8.42 Å². The van der Waals surface area contributed by atoms with E-state index in [1.165, 1.54) is 25.7 Å². The fraction of sp³-hybridized carbons (Fsp3) is 1.00. The van der Waals surface area contributed by atoms with Crippen LogP contribution in [0.25, 0.3) is 0 Å². The molecule has 2 aliphatic rings. The molecule has 0 aromatic rings. The Hall–Kier alpha value is -0.130. The highest BCUT2D eigenvalue weighted by atomic mass is 32.2. The monoisotopic (exact) mass is 274 g/mol. The first-order valence-corrected chi connectivity index (χ1v) is 9.07. The van der Waals surface area contributed by atoms with Gasteiger partial charge >= 0.3 is 0 Å². The second kappa shape index (κ2) is 5.88. The number of nitrogens with one attached hydrogen (secondary N) is 1. The summed E-state index contributed by atoms with van der Waals surface area (Å²) < 4.78 is 23.2. The van der Waals surface area contributed by atoms with Crippen molar-refractivity contribution in [3.05, 3.63) is 0 Å². The van der Waals surface area contributed by atoms with Gasteiger partial charge in [-0.1, -0.05) is 13.8 Å². The molecule has 0 radical (unpaired) electrons. The number of piperidine rings is 1. The Bertz CT molecular complexity index is 355. The fourth-order valence-corrected chi connectivity index (χ4v) is 4.26. The van der Waals surface area contributed by atoms with Crippen molar-refractivity contribution in [3.63, 3.8) is 0 Å². The van der Waals surface area contributed by atoms with E-state index < -0.39 is 9.84 Å². The molecule has 106 valence electrons. The van der Waals surface area contributed by atoms with Crippen LogP contribution in [0.2, 0.25) is 0 Å². The van der Waals surface area contributed by atoms with Gasteiger partial charge in [0.1, 0.15) is 0 Å². The SMILES string of the molecule is CCNC1CC2CCC(C1)N2CCS(=O)(=O)CC. The van der Waals surface area contributed by atoms with Crippen LogP contribution in [-0.2, 0) is 9.84 Å². The molecule has 0 aromatic heterocycles. The van der Waals surface area contributed by atoms with Gasteiger partial charge in [-0.2, -0.15) is 0 Å². The van der Waals surface area contributed by atoms with Gasteiger partial charge in [-0.3, -0.25) is 4.90 Å². The molecule has 2 bridgehead atoms. The lowest BCUT2D eigenvalue weighted by Gasteiger charge is -2.39. The average Bonchev–Trinajstić information content (AvgIpc) is 2.57. The summed E-state index contributed by atoms with van der Waals surface area (Å²) in [6, 6.07) is 1.87. The highest BCUT2D eigenvalue weighted by Gasteiger charge is 2.40. The van der Waals surface area contributed by atoms with Crippen molar-refractivity contribution in [1.82, 2.24) is 10.2 Å². The third-order valence-electron chi connectivity index (χ3n) is 4.48. The van der Waals surface area contributed by atoms with Gasteiger partial charge in [0, 0.05) is 30.4 Å². The maximum absolute atomic E-state index is 11.6. The predicted octanol–water partition coefficient (Wildman–Crippen LogP) is 1.03. The Labute approximate surface area is 111 Å². The molecule has 4 nitrogen and oxygen atoms in total. The Morgan fingerprint density at radius 3 is 2.28 bits per heavy atom. The highest BCUT2D eigenvalue weighted by Crippen LogP contribution is 2.35. The number of nitrogens with zero attached hydrogens (tertiary/aromatic N) is 1. The molecular formula is C13H26N2O2S. The first kappa shape index (κ1) is 14.3. The minimum atomic E-state index is -2.82. The number of rotatable bonds is 6. The predicted molar refractivity (Wildman–Crippen MR) is 74.5 cm³/mol. The Kier molecular flexibility index (Phi) is 4.67. The topological polar surface area (TPSA) is 49.4 Å². The summed E-state index contributed by atoms with van der Waals surface area (Å²) >= 11 is 0. The summed E-state index contributed by atoms with van der Waals surface area (Å²) in [5.41, 5.74) is 0. The molecule has 2 saturated heterocycles. The van der Waals surface area contributed by atoms with Gasteiger partial charge < -0.3 is 5.32 Å². The van der Waals surface area contributed by atoms with Crippen LogP contribution in [0.1, 0.15) is 39.5 Å². The van der Waals surface area contributed by atoms with Crippen molar-refractivity contribution in [2.45, 2.75) is 57.7 Å². The minimum Gasteiger partial charge on any atom is -0.314 e. The molecule has 2 heterocycles. The molecule has 0 amide bonds. The molecular weight excluding hydrogens is 248 g/mol. The summed E-state index contributed by atoms with van der Waals surface area (Å²) in [4.78, 5) is 2.46. The Morgan fingerprint density at radius 2 is 1.78 bits per heavy atom. The summed E-state index contributed by atoms with van der Waals surface area (Å²) in [7, 11) is -2.82. The number of hydrogen-bond acceptors (Lipinski definition) is 4. The molecule has 0 aliphatic carbocycles. The molecule has 18 heavy (non-hydrogen) atoms. The molecule has 1 N–H and O–H groups in total. The van der Waals surface area contributed by atoms with Crippen LogP contribution in [0.3, 0.4) is 0 Å². The minimum absolute atomic E-state index is 0.274. The van der Waals surface area contributed by atoms with E-state index in [0.29, 0.717) is 23.9 Å². The summed E-state index contributed by atoms with van der Waals surface area (Å²) in [5.74, 6) is 0.610. The maximum Gasteiger partial charge on any atom is 0.151 e. The smallest absolute Gasteiger partial charge is 0.151 e. The number of sulfone groups is 1. The second-order valence-electron chi connectivity index (χ2n) is 5.59. The third kappa shape index (κ3) is 3.25. The molecule has 2 aliphatic heterocycles. The van der Waals surface area contributed by atoms with Crippen LogP contribution >= 0.6 is 0 Å². The normalized spacial score (nSPS) is 32.9. The van der Waals surface area contributed by atoms with E-state index in [1.54, 1.807) is 6.92 Å². The first-order chi connectivity index (χ1) is 8.55. The van der Waals surface area contributed by atoms with Crippen molar-refractivity contribution in [2.75, 3.05) is 24.6 Å². The van der Waals surface area contributed by atoms with Gasteiger partial charge in [0.2, 0.25) is 0 Å². The average molecular weight is 274 g/mol. The van der Waals surface area contributed by atoms with Crippen molar-refractivity contribution >= 4 is 9.84 Å². The molecule has 2 unspecified atom stereocenters. The van der Waals surface area contributed by atoms with Gasteiger partial charge in [0.15, 0.2) is 9.84 Å². The molecule has 2 atom stereocenters. The zero-order valence-electron chi connectivity index (χ0n) is 11.6. The van der Waals surface area contributed by atoms with Gasteiger partial charge in [-0.15, -0.1) is 0 Å². The largest absolute Gasteiger partial charge is 0.314 e. The van der Waals surface area contributed by atoms with Gasteiger partial charge in [-0.25, -0.2) is 8.42 Å². The first-order valence-electron chi connectivity index (χ1n) is 7.25. The maximum atomic E-state index is 11.6. The van der Waals surface area contributed by atoms with Crippen molar-refractivity contribution < 1.29 is 8.42 Å². The van der Waals surface area contributed by atoms with E-state index in [2.05, 4.69) is 17.1 Å². The molecule has 2 rings (SSSR count). The van der Waals surface area contributed by atoms with E-state index in [1.807, 2.05) is 0 Å². The lowest BCUT2D eigenvalue weighted by Crippen LogP contribution is -2.50. The lowest BCUT2D eigenvalue weighted by molar-refractivity contribution is 0.125. The molecule has 0 saturated carbocycles.